The molecule has 0 amide bonds. The summed E-state index contributed by atoms with van der Waals surface area (Å²) < 4.78 is 0. The molecule has 0 saturated carbocycles. The van der Waals surface area contributed by atoms with Crippen LogP contribution >= 0.6 is 0 Å². The molecule has 1 aliphatic rings. The SMILES string of the molecule is CCC1CNCCN1C(c1ccccc1)c1ccccc1. The van der Waals surface area contributed by atoms with Crippen molar-refractivity contribution in [3.05, 3.63) is 71.8 Å². The summed E-state index contributed by atoms with van der Waals surface area (Å²) in [5.41, 5.74) is 2.79. The molecule has 2 nitrogen and oxygen atoms in total. The zero-order valence-corrected chi connectivity index (χ0v) is 12.7. The molecule has 0 bridgehead atoms. The largest absolute Gasteiger partial charge is 0.314 e. The van der Waals surface area contributed by atoms with Gasteiger partial charge in [-0.3, -0.25) is 4.90 Å². The summed E-state index contributed by atoms with van der Waals surface area (Å²) in [6.45, 7) is 5.56. The van der Waals surface area contributed by atoms with Crippen molar-refractivity contribution in [3.8, 4) is 0 Å². The van der Waals surface area contributed by atoms with Crippen molar-refractivity contribution < 1.29 is 0 Å². The van der Waals surface area contributed by atoms with Crippen LogP contribution in [0.5, 0.6) is 0 Å². The predicted molar refractivity (Wildman–Crippen MR) is 88.4 cm³/mol. The molecule has 0 aliphatic carbocycles. The van der Waals surface area contributed by atoms with Crippen molar-refractivity contribution in [2.24, 2.45) is 0 Å². The molecule has 1 saturated heterocycles. The second-order valence-electron chi connectivity index (χ2n) is 5.73. The number of hydrogen-bond donors (Lipinski definition) is 1. The third-order valence-electron chi connectivity index (χ3n) is 4.43. The molecular weight excluding hydrogens is 256 g/mol. The first-order valence-electron chi connectivity index (χ1n) is 7.96. The Balaban J connectivity index is 2.00. The van der Waals surface area contributed by atoms with E-state index in [4.69, 9.17) is 0 Å². The molecular formula is C19H24N2. The molecule has 21 heavy (non-hydrogen) atoms. The zero-order valence-electron chi connectivity index (χ0n) is 12.7. The maximum absolute atomic E-state index is 3.53. The van der Waals surface area contributed by atoms with Gasteiger partial charge in [-0.05, 0) is 17.5 Å². The van der Waals surface area contributed by atoms with Crippen molar-refractivity contribution in [1.29, 1.82) is 0 Å². The minimum Gasteiger partial charge on any atom is -0.314 e. The van der Waals surface area contributed by atoms with Crippen molar-refractivity contribution in [2.45, 2.75) is 25.4 Å². The monoisotopic (exact) mass is 280 g/mol. The first-order chi connectivity index (χ1) is 10.4. The molecule has 3 rings (SSSR count). The molecule has 0 spiro atoms. The van der Waals surface area contributed by atoms with Gasteiger partial charge in [0.2, 0.25) is 0 Å². The van der Waals surface area contributed by atoms with Crippen LogP contribution in [0.2, 0.25) is 0 Å². The number of nitrogens with one attached hydrogen (secondary N) is 1. The van der Waals surface area contributed by atoms with Crippen LogP contribution < -0.4 is 5.32 Å². The van der Waals surface area contributed by atoms with Crippen LogP contribution in [0.25, 0.3) is 0 Å². The molecule has 1 atom stereocenters. The second kappa shape index (κ2) is 6.88. The Kier molecular flexibility index (Phi) is 4.69. The van der Waals surface area contributed by atoms with E-state index in [1.165, 1.54) is 17.5 Å². The lowest BCUT2D eigenvalue weighted by molar-refractivity contribution is 0.122. The fraction of sp³-hybridized carbons (Fsp3) is 0.368. The Morgan fingerprint density at radius 2 is 1.57 bits per heavy atom. The van der Waals surface area contributed by atoms with Gasteiger partial charge in [0.25, 0.3) is 0 Å². The quantitative estimate of drug-likeness (QED) is 0.922. The molecule has 0 aromatic heterocycles. The first-order valence-corrected chi connectivity index (χ1v) is 7.96. The smallest absolute Gasteiger partial charge is 0.0605 e. The van der Waals surface area contributed by atoms with Gasteiger partial charge in [0.05, 0.1) is 6.04 Å². The van der Waals surface area contributed by atoms with E-state index in [1.807, 2.05) is 0 Å². The van der Waals surface area contributed by atoms with Crippen molar-refractivity contribution in [2.75, 3.05) is 19.6 Å². The van der Waals surface area contributed by atoms with Crippen LogP contribution in [-0.2, 0) is 0 Å². The standard InChI is InChI=1S/C19H24N2/c1-2-18-15-20-13-14-21(18)19(16-9-5-3-6-10-16)17-11-7-4-8-12-17/h3-12,18-20H,2,13-15H2,1H3. The van der Waals surface area contributed by atoms with Crippen LogP contribution in [0.3, 0.4) is 0 Å². The van der Waals surface area contributed by atoms with Crippen LogP contribution in [0.15, 0.2) is 60.7 Å². The van der Waals surface area contributed by atoms with Crippen LogP contribution in [0, 0.1) is 0 Å². The lowest BCUT2D eigenvalue weighted by Crippen LogP contribution is -2.52. The van der Waals surface area contributed by atoms with Gasteiger partial charge < -0.3 is 5.32 Å². The van der Waals surface area contributed by atoms with Gasteiger partial charge in [-0.25, -0.2) is 0 Å². The highest BCUT2D eigenvalue weighted by molar-refractivity contribution is 5.32. The summed E-state index contributed by atoms with van der Waals surface area (Å²) in [6.07, 6.45) is 1.18. The van der Waals surface area contributed by atoms with E-state index in [-0.39, 0.29) is 0 Å². The predicted octanol–water partition coefficient (Wildman–Crippen LogP) is 3.46. The Morgan fingerprint density at radius 3 is 2.10 bits per heavy atom. The van der Waals surface area contributed by atoms with E-state index < -0.39 is 0 Å². The van der Waals surface area contributed by atoms with Gasteiger partial charge in [0, 0.05) is 25.7 Å². The number of piperazine rings is 1. The number of hydrogen-bond acceptors (Lipinski definition) is 2. The lowest BCUT2D eigenvalue weighted by Gasteiger charge is -2.41. The fourth-order valence-electron chi connectivity index (χ4n) is 3.34. The molecule has 0 radical (unpaired) electrons. The average molecular weight is 280 g/mol. The lowest BCUT2D eigenvalue weighted by atomic mass is 9.94. The zero-order chi connectivity index (χ0) is 14.5. The van der Waals surface area contributed by atoms with E-state index in [9.17, 15) is 0 Å². The maximum Gasteiger partial charge on any atom is 0.0605 e. The first kappa shape index (κ1) is 14.3. The summed E-state index contributed by atoms with van der Waals surface area (Å²) in [7, 11) is 0. The average Bonchev–Trinajstić information content (AvgIpc) is 2.58. The van der Waals surface area contributed by atoms with Gasteiger partial charge in [-0.15, -0.1) is 0 Å². The second-order valence-corrected chi connectivity index (χ2v) is 5.73. The summed E-state index contributed by atoms with van der Waals surface area (Å²) >= 11 is 0. The molecule has 1 fully saturated rings. The molecule has 1 heterocycles. The third-order valence-corrected chi connectivity index (χ3v) is 4.43. The van der Waals surface area contributed by atoms with Gasteiger partial charge in [-0.2, -0.15) is 0 Å². The maximum atomic E-state index is 3.53. The fourth-order valence-corrected chi connectivity index (χ4v) is 3.34. The van der Waals surface area contributed by atoms with Crippen molar-refractivity contribution >= 4 is 0 Å². The molecule has 110 valence electrons. The molecule has 2 aromatic carbocycles. The Labute approximate surface area is 127 Å². The number of benzene rings is 2. The van der Waals surface area contributed by atoms with E-state index in [2.05, 4.69) is 77.8 Å². The van der Waals surface area contributed by atoms with E-state index >= 15 is 0 Å². The van der Waals surface area contributed by atoms with Gasteiger partial charge in [0.15, 0.2) is 0 Å². The molecule has 1 N–H and O–H groups in total. The number of nitrogens with zero attached hydrogens (tertiary/aromatic N) is 1. The third kappa shape index (κ3) is 3.17. The minimum atomic E-state index is 0.361. The minimum absolute atomic E-state index is 0.361. The molecule has 1 aliphatic heterocycles. The van der Waals surface area contributed by atoms with Crippen molar-refractivity contribution in [3.63, 3.8) is 0 Å². The highest BCUT2D eigenvalue weighted by Crippen LogP contribution is 2.31. The highest BCUT2D eigenvalue weighted by Gasteiger charge is 2.29. The van der Waals surface area contributed by atoms with Crippen LogP contribution in [0.1, 0.15) is 30.5 Å². The Bertz CT molecular complexity index is 499. The molecule has 1 unspecified atom stereocenters. The van der Waals surface area contributed by atoms with Crippen molar-refractivity contribution in [1.82, 2.24) is 10.2 Å². The van der Waals surface area contributed by atoms with E-state index in [1.54, 1.807) is 0 Å². The topological polar surface area (TPSA) is 15.3 Å². The van der Waals surface area contributed by atoms with E-state index in [0.29, 0.717) is 12.1 Å². The number of rotatable bonds is 4. The summed E-state index contributed by atoms with van der Waals surface area (Å²) in [6, 6.07) is 22.8. The summed E-state index contributed by atoms with van der Waals surface area (Å²) in [5, 5.41) is 3.53. The van der Waals surface area contributed by atoms with Crippen LogP contribution in [0.4, 0.5) is 0 Å². The highest BCUT2D eigenvalue weighted by atomic mass is 15.2. The molecule has 2 aromatic rings. The van der Waals surface area contributed by atoms with Gasteiger partial charge >= 0.3 is 0 Å². The summed E-state index contributed by atoms with van der Waals surface area (Å²) in [5.74, 6) is 0. The Hall–Kier alpha value is -1.64. The van der Waals surface area contributed by atoms with Gasteiger partial charge in [-0.1, -0.05) is 67.6 Å². The van der Waals surface area contributed by atoms with Crippen LogP contribution in [-0.4, -0.2) is 30.6 Å². The van der Waals surface area contributed by atoms with Gasteiger partial charge in [0.1, 0.15) is 0 Å². The summed E-state index contributed by atoms with van der Waals surface area (Å²) in [4.78, 5) is 2.67. The van der Waals surface area contributed by atoms with E-state index in [0.717, 1.165) is 19.6 Å². The Morgan fingerprint density at radius 1 is 1.00 bits per heavy atom. The molecule has 2 heteroatoms. The normalized spacial score (nSPS) is 19.8.